The summed E-state index contributed by atoms with van der Waals surface area (Å²) in [6, 6.07) is 4.19. The van der Waals surface area contributed by atoms with E-state index in [1.54, 1.807) is 12.6 Å². The van der Waals surface area contributed by atoms with Gasteiger partial charge in [0.2, 0.25) is 0 Å². The lowest BCUT2D eigenvalue weighted by molar-refractivity contribution is 0.233. The van der Waals surface area contributed by atoms with Crippen LogP contribution < -0.4 is 15.0 Å². The van der Waals surface area contributed by atoms with Gasteiger partial charge in [0.05, 0.1) is 23.8 Å². The molecule has 1 fully saturated rings. The van der Waals surface area contributed by atoms with Gasteiger partial charge in [-0.2, -0.15) is 0 Å². The number of allylic oxidation sites excluding steroid dienone is 1. The highest BCUT2D eigenvalue weighted by molar-refractivity contribution is 7.79. The Bertz CT molecular complexity index is 963. The van der Waals surface area contributed by atoms with E-state index >= 15 is 0 Å². The predicted octanol–water partition coefficient (Wildman–Crippen LogP) is 7.49. The molecule has 0 bridgehead atoms. The quantitative estimate of drug-likeness (QED) is 0.183. The SMILES string of the molecule is C=C(NC(CCC)(CCCC)C(=C)O)/C(C)=C/c1ccc(OC)c2c1N(C=S)CC1(CC2)CC1. The van der Waals surface area contributed by atoms with E-state index in [2.05, 4.69) is 62.4 Å². The first kappa shape index (κ1) is 26.3. The number of rotatable bonds is 12. The second-order valence-corrected chi connectivity index (χ2v) is 10.4. The van der Waals surface area contributed by atoms with Gasteiger partial charge >= 0.3 is 0 Å². The molecule has 5 heteroatoms. The minimum atomic E-state index is -0.549. The largest absolute Gasteiger partial charge is 0.510 e. The van der Waals surface area contributed by atoms with E-state index in [9.17, 15) is 5.11 Å². The molecule has 0 radical (unpaired) electrons. The molecule has 2 N–H and O–H groups in total. The summed E-state index contributed by atoms with van der Waals surface area (Å²) in [4.78, 5) is 2.25. The third-order valence-electron chi connectivity index (χ3n) is 7.70. The van der Waals surface area contributed by atoms with Gasteiger partial charge in [0.25, 0.3) is 0 Å². The Morgan fingerprint density at radius 1 is 1.24 bits per heavy atom. The highest BCUT2D eigenvalue weighted by atomic mass is 32.1. The van der Waals surface area contributed by atoms with Crippen LogP contribution in [0.1, 0.15) is 83.3 Å². The van der Waals surface area contributed by atoms with Gasteiger partial charge < -0.3 is 20.1 Å². The molecule has 1 saturated carbocycles. The number of fused-ring (bicyclic) bond motifs is 1. The summed E-state index contributed by atoms with van der Waals surface area (Å²) in [5, 5.41) is 14.1. The fraction of sp³-hybridized carbons (Fsp3) is 0.552. The summed E-state index contributed by atoms with van der Waals surface area (Å²) >= 11 is 5.48. The van der Waals surface area contributed by atoms with Crippen LogP contribution in [0.2, 0.25) is 0 Å². The summed E-state index contributed by atoms with van der Waals surface area (Å²) in [6.07, 6.45) is 11.6. The van der Waals surface area contributed by atoms with Crippen LogP contribution in [0, 0.1) is 5.41 Å². The number of methoxy groups -OCH3 is 1. The van der Waals surface area contributed by atoms with E-state index < -0.39 is 5.54 Å². The van der Waals surface area contributed by atoms with Crippen LogP contribution in [-0.4, -0.2) is 29.8 Å². The van der Waals surface area contributed by atoms with Crippen molar-refractivity contribution in [1.29, 1.82) is 0 Å². The maximum atomic E-state index is 10.6. The van der Waals surface area contributed by atoms with Crippen molar-refractivity contribution in [2.24, 2.45) is 5.41 Å². The molecule has 1 aromatic rings. The third-order valence-corrected chi connectivity index (χ3v) is 7.95. The molecule has 3 rings (SSSR count). The van der Waals surface area contributed by atoms with Gasteiger partial charge in [0, 0.05) is 17.8 Å². The van der Waals surface area contributed by atoms with Crippen LogP contribution in [0.25, 0.3) is 6.08 Å². The zero-order valence-electron chi connectivity index (χ0n) is 21.5. The minimum Gasteiger partial charge on any atom is -0.510 e. The first-order valence-corrected chi connectivity index (χ1v) is 13.2. The molecule has 0 amide bonds. The third kappa shape index (κ3) is 5.51. The number of unbranched alkanes of at least 4 members (excludes halogenated alkanes) is 1. The molecule has 1 unspecified atom stereocenters. The molecule has 1 aromatic carbocycles. The number of ether oxygens (including phenoxy) is 1. The molecule has 1 heterocycles. The summed E-state index contributed by atoms with van der Waals surface area (Å²) in [5.74, 6) is 1.12. The van der Waals surface area contributed by atoms with Crippen molar-refractivity contribution in [1.82, 2.24) is 5.32 Å². The molecule has 0 aromatic heterocycles. The number of aliphatic hydroxyl groups excluding tert-OH is 1. The van der Waals surface area contributed by atoms with Crippen molar-refractivity contribution in [3.05, 3.63) is 53.4 Å². The van der Waals surface area contributed by atoms with E-state index in [0.29, 0.717) is 5.41 Å². The molecule has 0 saturated heterocycles. The Morgan fingerprint density at radius 2 is 1.97 bits per heavy atom. The Morgan fingerprint density at radius 3 is 2.53 bits per heavy atom. The van der Waals surface area contributed by atoms with Crippen molar-refractivity contribution in [2.75, 3.05) is 18.6 Å². The lowest BCUT2D eigenvalue weighted by Crippen LogP contribution is -2.46. The molecule has 34 heavy (non-hydrogen) atoms. The molecule has 1 aliphatic heterocycles. The number of benzene rings is 1. The smallest absolute Gasteiger partial charge is 0.124 e. The van der Waals surface area contributed by atoms with E-state index in [1.807, 2.05) is 0 Å². The number of hydrogen-bond donors (Lipinski definition) is 2. The highest BCUT2D eigenvalue weighted by Gasteiger charge is 2.45. The molecule has 1 atom stereocenters. The van der Waals surface area contributed by atoms with Crippen LogP contribution >= 0.6 is 12.2 Å². The molecule has 186 valence electrons. The van der Waals surface area contributed by atoms with Gasteiger partial charge in [0.1, 0.15) is 11.5 Å². The van der Waals surface area contributed by atoms with Gasteiger partial charge in [-0.15, -0.1) is 0 Å². The van der Waals surface area contributed by atoms with Crippen molar-refractivity contribution in [2.45, 2.75) is 84.1 Å². The molecule has 1 spiro atoms. The molecule has 1 aliphatic carbocycles. The summed E-state index contributed by atoms with van der Waals surface area (Å²) in [7, 11) is 1.74. The topological polar surface area (TPSA) is 44.7 Å². The number of nitrogens with zero attached hydrogens (tertiary/aromatic N) is 1. The predicted molar refractivity (Wildman–Crippen MR) is 149 cm³/mol. The van der Waals surface area contributed by atoms with Crippen LogP contribution in [0.5, 0.6) is 5.75 Å². The Hall–Kier alpha value is -2.27. The fourth-order valence-corrected chi connectivity index (χ4v) is 5.51. The van der Waals surface area contributed by atoms with E-state index in [0.717, 1.165) is 73.3 Å². The normalized spacial score (nSPS) is 18.5. The number of thiocarbonyl (C=S) groups is 1. The van der Waals surface area contributed by atoms with Gasteiger partial charge in [-0.3, -0.25) is 0 Å². The maximum absolute atomic E-state index is 10.6. The number of anilines is 1. The fourth-order valence-electron chi connectivity index (χ4n) is 5.33. The zero-order valence-corrected chi connectivity index (χ0v) is 22.3. The van der Waals surface area contributed by atoms with E-state index in [1.165, 1.54) is 24.8 Å². The first-order valence-electron chi connectivity index (χ1n) is 12.7. The maximum Gasteiger partial charge on any atom is 0.124 e. The molecule has 2 aliphatic rings. The Balaban J connectivity index is 1.96. The second kappa shape index (κ2) is 11.0. The molecular weight excluding hydrogens is 440 g/mol. The Labute approximate surface area is 211 Å². The number of aliphatic hydroxyl groups is 1. The highest BCUT2D eigenvalue weighted by Crippen LogP contribution is 2.54. The number of nitrogens with one attached hydrogen (secondary N) is 1. The number of hydrogen-bond acceptors (Lipinski definition) is 4. The Kier molecular flexibility index (Phi) is 8.51. The van der Waals surface area contributed by atoms with Crippen molar-refractivity contribution in [3.8, 4) is 5.75 Å². The lowest BCUT2D eigenvalue weighted by Gasteiger charge is -2.36. The monoisotopic (exact) mass is 482 g/mol. The minimum absolute atomic E-state index is 0.191. The van der Waals surface area contributed by atoms with Crippen LogP contribution in [0.4, 0.5) is 5.69 Å². The van der Waals surface area contributed by atoms with E-state index in [-0.39, 0.29) is 5.76 Å². The van der Waals surface area contributed by atoms with Crippen LogP contribution in [-0.2, 0) is 6.42 Å². The molecule has 4 nitrogen and oxygen atoms in total. The van der Waals surface area contributed by atoms with Crippen molar-refractivity contribution in [3.63, 3.8) is 0 Å². The summed E-state index contributed by atoms with van der Waals surface area (Å²) in [6.45, 7) is 15.6. The van der Waals surface area contributed by atoms with E-state index in [4.69, 9.17) is 17.0 Å². The van der Waals surface area contributed by atoms with Crippen LogP contribution in [0.15, 0.2) is 42.3 Å². The van der Waals surface area contributed by atoms with Crippen molar-refractivity contribution < 1.29 is 9.84 Å². The average Bonchev–Trinajstić information content (AvgIpc) is 3.61. The standard InChI is InChI=1S/C29H42N2O2S/c1-7-9-14-29(13-8-2,23(5)32)30-22(4)21(3)18-24-10-11-26(33-6)25-12-15-28(16-17-28)19-31(20-34)27(24)25/h10-11,18,20,30,32H,4-5,7-9,12-17,19H2,1-3,6H3/b21-18+. The van der Waals surface area contributed by atoms with Gasteiger partial charge in [0.15, 0.2) is 0 Å². The first-order chi connectivity index (χ1) is 16.2. The average molecular weight is 483 g/mol. The molecular formula is C29H42N2O2S. The van der Waals surface area contributed by atoms with Gasteiger partial charge in [-0.25, -0.2) is 0 Å². The van der Waals surface area contributed by atoms with Gasteiger partial charge in [-0.1, -0.05) is 58.5 Å². The summed E-state index contributed by atoms with van der Waals surface area (Å²) in [5.41, 5.74) is 6.99. The second-order valence-electron chi connectivity index (χ2n) is 10.2. The lowest BCUT2D eigenvalue weighted by atomic mass is 9.85. The zero-order chi connectivity index (χ0) is 24.9. The summed E-state index contributed by atoms with van der Waals surface area (Å²) < 4.78 is 5.75. The van der Waals surface area contributed by atoms with Gasteiger partial charge in [-0.05, 0) is 80.2 Å². The van der Waals surface area contributed by atoms with Crippen molar-refractivity contribution >= 4 is 29.5 Å². The van der Waals surface area contributed by atoms with Crippen LogP contribution in [0.3, 0.4) is 0 Å².